The highest BCUT2D eigenvalue weighted by Crippen LogP contribution is 2.49. The van der Waals surface area contributed by atoms with Crippen molar-refractivity contribution < 1.29 is 76.3 Å². The molecule has 2 aromatic carbocycles. The van der Waals surface area contributed by atoms with E-state index >= 15 is 4.39 Å². The average Bonchev–Trinajstić information content (AvgIpc) is 1.59. The van der Waals surface area contributed by atoms with Crippen LogP contribution >= 0.6 is 55.1 Å². The Balaban J connectivity index is 1.34. The van der Waals surface area contributed by atoms with Crippen LogP contribution in [0.15, 0.2) is 48.1 Å². The Morgan fingerprint density at radius 1 is 0.966 bits per heavy atom. The first-order valence-electron chi connectivity index (χ1n) is 29.1. The molecule has 5 rings (SSSR count). The van der Waals surface area contributed by atoms with Crippen molar-refractivity contribution in [2.45, 2.75) is 153 Å². The second kappa shape index (κ2) is 33.3. The number of hydrogen-bond donors (Lipinski definition) is 8. The van der Waals surface area contributed by atoms with Crippen LogP contribution in [0.4, 0.5) is 25.4 Å². The zero-order chi connectivity index (χ0) is 66.2. The average molecular weight is 1420 g/mol. The van der Waals surface area contributed by atoms with Gasteiger partial charge in [-0.2, -0.15) is 0 Å². The molecule has 89 heavy (non-hydrogen) atoms. The van der Waals surface area contributed by atoms with Crippen LogP contribution in [0.25, 0.3) is 0 Å². The fraction of sp³-hybridized carbons (Fsp3) is 0.583. The number of halogens is 5. The highest BCUT2D eigenvalue weighted by molar-refractivity contribution is 9.09. The highest BCUT2D eigenvalue weighted by atomic mass is 79.9. The Kier molecular flexibility index (Phi) is 27.5. The monoisotopic (exact) mass is 1420 g/mol. The summed E-state index contributed by atoms with van der Waals surface area (Å²) in [5.74, 6) is -6.93. The predicted molar refractivity (Wildman–Crippen MR) is 338 cm³/mol. The van der Waals surface area contributed by atoms with E-state index in [1.165, 1.54) is 40.1 Å². The van der Waals surface area contributed by atoms with Crippen molar-refractivity contribution >= 4 is 120 Å². The number of fused-ring (bicyclic) bond motifs is 5. The number of anilines is 2. The van der Waals surface area contributed by atoms with E-state index in [0.29, 0.717) is 48.5 Å². The van der Waals surface area contributed by atoms with Gasteiger partial charge >= 0.3 is 18.1 Å². The molecular formula is C60H82Br2Cl2FN9O15. The molecular weight excluding hydrogens is 1340 g/mol. The summed E-state index contributed by atoms with van der Waals surface area (Å²) in [6.07, 6.45) is 1.41. The number of urea groups is 1. The SMILES string of the molecule is COc1cc2cc(c1Cl)N(C)C(=O)C[C@H](OC(=O)[C@H](C)N(C)C(=O)c1cc(F)c(NC(=O)[C@H](CCCNC(N)=O)NC(=O)[C@@H](NC(=O)CCCCCNC(=O)C(CBr)CBr)C(C)C)cc1Cl)[C@]1(C)O[C@H]1[C@H](C)[C@@H]1C[C@@](O)(NC(=O)O1)[C@H](OC)/C=C/C=C(\C)C2. The Hall–Kier alpha value is -6.10. The summed E-state index contributed by atoms with van der Waals surface area (Å²) in [4.78, 5) is 123. The number of esters is 1. The number of epoxide rings is 1. The number of alkyl carbamates (subject to hydrolysis) is 1. The van der Waals surface area contributed by atoms with Crippen molar-refractivity contribution in [2.24, 2.45) is 23.5 Å². The van der Waals surface area contributed by atoms with Crippen LogP contribution in [-0.2, 0) is 54.1 Å². The molecule has 2 saturated heterocycles. The van der Waals surface area contributed by atoms with Crippen LogP contribution in [-0.4, -0.2) is 169 Å². The summed E-state index contributed by atoms with van der Waals surface area (Å²) in [6, 6.07) is 0.438. The molecule has 24 nitrogen and oxygen atoms in total. The fourth-order valence-electron chi connectivity index (χ4n) is 10.3. The minimum absolute atomic E-state index is 0.00576. The zero-order valence-electron chi connectivity index (χ0n) is 51.5. The fourth-order valence-corrected chi connectivity index (χ4v) is 12.6. The summed E-state index contributed by atoms with van der Waals surface area (Å²) in [5.41, 5.74) is 2.76. The number of nitrogens with zero attached hydrogens (tertiary/aromatic N) is 2. The van der Waals surface area contributed by atoms with E-state index in [0.717, 1.165) is 22.6 Å². The number of rotatable bonds is 25. The second-order valence-corrected chi connectivity index (χ2v) is 25.1. The summed E-state index contributed by atoms with van der Waals surface area (Å²) in [6.45, 7) is 10.3. The molecule has 4 bridgehead atoms. The second-order valence-electron chi connectivity index (χ2n) is 23.0. The van der Waals surface area contributed by atoms with Gasteiger partial charge in [-0.15, -0.1) is 0 Å². The standard InChI is InChI=1S/C60H82Br2Cl2FN9O15/c1-31(2)50(71-47(75)19-12-11-13-20-67-52(77)36(29-61)30-62)54(79)69-40(17-15-21-68-57(66)82)53(78)70-41-26-38(63)37(25-39(41)65)55(80)73(7)34(5)56(81)88-46-27-48(76)74(8)42-23-35(24-43(85-9)49(42)64)22-32(3)16-14-18-45(86-10)60(84)28-44(87-58(83)72-60)33(4)51-59(46,6)89-51/h14,16,18,23-26,31,33-34,36,40,44-46,50-51,84H,11-13,15,17,19-22,27-30H2,1-10H3,(H,67,77)(H,69,79)(H,70,78)(H,71,75)(H,72,83)(H3,66,68,82)/b18-14+,32-16+/t33-,34+,40+,44+,45-,46+,50+,51+,59+,60+/m1/s1. The maximum atomic E-state index is 16.2. The minimum Gasteiger partial charge on any atom is -0.495 e. The van der Waals surface area contributed by atoms with Crippen molar-refractivity contribution in [3.05, 3.63) is 75.1 Å². The molecule has 2 fully saturated rings. The molecule has 3 aliphatic heterocycles. The van der Waals surface area contributed by atoms with Crippen molar-refractivity contribution in [3.8, 4) is 5.75 Å². The lowest BCUT2D eigenvalue weighted by Crippen LogP contribution is -2.63. The Morgan fingerprint density at radius 3 is 2.29 bits per heavy atom. The normalized spacial score (nSPS) is 23.8. The lowest BCUT2D eigenvalue weighted by molar-refractivity contribution is -0.158. The van der Waals surface area contributed by atoms with Crippen molar-refractivity contribution in [3.63, 3.8) is 0 Å². The topological polar surface area (TPSA) is 328 Å². The largest absolute Gasteiger partial charge is 0.495 e. The molecule has 492 valence electrons. The van der Waals surface area contributed by atoms with Crippen LogP contribution < -0.4 is 47.3 Å². The number of unbranched alkanes of at least 4 members (excludes halogenated alkanes) is 2. The van der Waals surface area contributed by atoms with E-state index in [1.54, 1.807) is 58.1 Å². The zero-order valence-corrected chi connectivity index (χ0v) is 56.2. The number of primary amides is 1. The van der Waals surface area contributed by atoms with E-state index < -0.39 is 137 Å². The summed E-state index contributed by atoms with van der Waals surface area (Å²) in [5, 5.41) is 28.2. The Bertz CT molecular complexity index is 3000. The molecule has 3 aliphatic rings. The molecule has 0 aromatic heterocycles. The molecule has 29 heteroatoms. The van der Waals surface area contributed by atoms with E-state index in [4.69, 9.17) is 52.6 Å². The van der Waals surface area contributed by atoms with E-state index in [1.807, 2.05) is 6.92 Å². The number of likely N-dealkylation sites (N-methyl/N-ethyl adjacent to an activating group) is 1. The van der Waals surface area contributed by atoms with Crippen molar-refractivity contribution in [1.29, 1.82) is 0 Å². The smallest absolute Gasteiger partial charge is 0.409 e. The molecule has 0 saturated carbocycles. The Labute approximate surface area is 544 Å². The summed E-state index contributed by atoms with van der Waals surface area (Å²) in [7, 11) is 5.54. The number of benzene rings is 2. The first kappa shape index (κ1) is 73.6. The van der Waals surface area contributed by atoms with Gasteiger partial charge in [0, 0.05) is 63.7 Å². The van der Waals surface area contributed by atoms with Gasteiger partial charge in [0.25, 0.3) is 5.91 Å². The van der Waals surface area contributed by atoms with Crippen LogP contribution in [0, 0.1) is 23.6 Å². The number of amides is 9. The number of carbonyl (C=O) groups excluding carboxylic acids is 9. The number of ether oxygens (including phenoxy) is 5. The van der Waals surface area contributed by atoms with Crippen LogP contribution in [0.5, 0.6) is 5.75 Å². The molecule has 0 aliphatic carbocycles. The van der Waals surface area contributed by atoms with Gasteiger partial charge in [-0.1, -0.05) is 106 Å². The third kappa shape index (κ3) is 19.7. The molecule has 0 spiro atoms. The number of alkyl halides is 2. The van der Waals surface area contributed by atoms with Gasteiger partial charge in [-0.05, 0) is 88.6 Å². The van der Waals surface area contributed by atoms with E-state index in [9.17, 15) is 48.3 Å². The number of hydrogen-bond acceptors (Lipinski definition) is 15. The third-order valence-corrected chi connectivity index (χ3v) is 18.2. The van der Waals surface area contributed by atoms with Gasteiger partial charge in [0.15, 0.2) is 5.72 Å². The summed E-state index contributed by atoms with van der Waals surface area (Å²) >= 11 is 20.1. The molecule has 9 amide bonds. The highest BCUT2D eigenvalue weighted by Gasteiger charge is 2.64. The predicted octanol–water partition coefficient (Wildman–Crippen LogP) is 6.72. The molecule has 9 N–H and O–H groups in total. The van der Waals surface area contributed by atoms with Crippen molar-refractivity contribution in [2.75, 3.05) is 62.3 Å². The van der Waals surface area contributed by atoms with Crippen LogP contribution in [0.3, 0.4) is 0 Å². The number of carbonyl (C=O) groups is 9. The van der Waals surface area contributed by atoms with Gasteiger partial charge in [0.05, 0.1) is 47.5 Å². The van der Waals surface area contributed by atoms with Gasteiger partial charge in [-0.25, -0.2) is 18.8 Å². The maximum Gasteiger partial charge on any atom is 0.409 e. The maximum absolute atomic E-state index is 16.2. The minimum atomic E-state index is -1.95. The number of allylic oxidation sites excluding steroid dienone is 3. The van der Waals surface area contributed by atoms with Gasteiger partial charge in [0.2, 0.25) is 29.5 Å². The van der Waals surface area contributed by atoms with Gasteiger partial charge < -0.3 is 70.9 Å². The first-order valence-corrected chi connectivity index (χ1v) is 32.1. The molecule has 0 unspecified atom stereocenters. The lowest BCUT2D eigenvalue weighted by atomic mass is 9.83. The quantitative estimate of drug-likeness (QED) is 0.0221. The summed E-state index contributed by atoms with van der Waals surface area (Å²) < 4.78 is 45.6. The molecule has 0 radical (unpaired) electrons. The number of methoxy groups -OCH3 is 2. The van der Waals surface area contributed by atoms with Crippen LogP contribution in [0.1, 0.15) is 109 Å². The van der Waals surface area contributed by atoms with Crippen LogP contribution in [0.2, 0.25) is 10.0 Å². The molecule has 3 heterocycles. The van der Waals surface area contributed by atoms with E-state index in [2.05, 4.69) is 63.8 Å². The first-order chi connectivity index (χ1) is 41.9. The lowest BCUT2D eigenvalue weighted by Gasteiger charge is -2.42. The van der Waals surface area contributed by atoms with Gasteiger partial charge in [0.1, 0.15) is 58.6 Å². The van der Waals surface area contributed by atoms with Crippen molar-refractivity contribution in [1.82, 2.24) is 31.5 Å². The number of aliphatic hydroxyl groups is 1. The molecule has 2 aromatic rings. The van der Waals surface area contributed by atoms with Gasteiger partial charge in [-0.3, -0.25) is 34.1 Å². The number of nitrogens with one attached hydrogen (secondary N) is 6. The molecule has 10 atom stereocenters. The number of nitrogens with two attached hydrogens (primary N) is 1. The Morgan fingerprint density at radius 2 is 1.65 bits per heavy atom. The van der Waals surface area contributed by atoms with E-state index in [-0.39, 0.29) is 65.5 Å². The third-order valence-electron chi connectivity index (χ3n) is 16.0.